The molecule has 26 heavy (non-hydrogen) atoms. The lowest BCUT2D eigenvalue weighted by Crippen LogP contribution is -2.44. The molecule has 1 saturated heterocycles. The summed E-state index contributed by atoms with van der Waals surface area (Å²) < 4.78 is 39.7. The number of ether oxygens (including phenoxy) is 2. The Hall–Kier alpha value is -1.41. The molecule has 1 aromatic carbocycles. The fourth-order valence-corrected chi connectivity index (χ4v) is 5.73. The maximum atomic E-state index is 13.5. The van der Waals surface area contributed by atoms with Crippen molar-refractivity contribution in [3.63, 3.8) is 0 Å². The second-order valence-corrected chi connectivity index (χ2v) is 9.06. The van der Waals surface area contributed by atoms with Gasteiger partial charge in [-0.15, -0.1) is 11.3 Å². The lowest BCUT2D eigenvalue weighted by Gasteiger charge is -2.33. The Labute approximate surface area is 159 Å². The molecule has 1 aliphatic rings. The van der Waals surface area contributed by atoms with Crippen molar-refractivity contribution >= 4 is 21.4 Å². The molecule has 0 N–H and O–H groups in total. The number of nitrogens with zero attached hydrogens (tertiary/aromatic N) is 1. The second-order valence-electron chi connectivity index (χ2n) is 6.17. The van der Waals surface area contributed by atoms with Crippen LogP contribution in [0.5, 0.6) is 5.75 Å². The van der Waals surface area contributed by atoms with E-state index in [-0.39, 0.29) is 10.9 Å². The summed E-state index contributed by atoms with van der Waals surface area (Å²) in [4.78, 5) is 1.44. The fraction of sp³-hybridized carbons (Fsp3) is 0.474. The minimum atomic E-state index is -3.65. The molecule has 2 heterocycles. The zero-order valence-electron chi connectivity index (χ0n) is 15.0. The maximum Gasteiger partial charge on any atom is 0.247 e. The van der Waals surface area contributed by atoms with Gasteiger partial charge < -0.3 is 9.47 Å². The highest BCUT2D eigenvalue weighted by molar-refractivity contribution is 7.89. The van der Waals surface area contributed by atoms with Crippen LogP contribution in [0.15, 0.2) is 46.7 Å². The summed E-state index contributed by atoms with van der Waals surface area (Å²) in [7, 11) is -3.65. The summed E-state index contributed by atoms with van der Waals surface area (Å²) in [5.41, 5.74) is 0. The van der Waals surface area contributed by atoms with Gasteiger partial charge >= 0.3 is 0 Å². The van der Waals surface area contributed by atoms with Gasteiger partial charge in [0.25, 0.3) is 0 Å². The molecule has 0 unspecified atom stereocenters. The van der Waals surface area contributed by atoms with Gasteiger partial charge in [-0.2, -0.15) is 4.31 Å². The zero-order valence-corrected chi connectivity index (χ0v) is 16.6. The number of rotatable bonds is 8. The van der Waals surface area contributed by atoms with Crippen LogP contribution in [0.2, 0.25) is 0 Å². The molecule has 7 heteroatoms. The van der Waals surface area contributed by atoms with Crippen molar-refractivity contribution in [1.29, 1.82) is 0 Å². The molecule has 0 bridgehead atoms. The number of sulfonamides is 1. The molecule has 0 aliphatic carbocycles. The average Bonchev–Trinajstić information content (AvgIpc) is 3.17. The molecule has 1 aliphatic heterocycles. The molecule has 0 saturated carbocycles. The Morgan fingerprint density at radius 3 is 2.65 bits per heavy atom. The molecular formula is C19H25NO4S2. The first-order valence-corrected chi connectivity index (χ1v) is 11.3. The van der Waals surface area contributed by atoms with E-state index in [1.165, 1.54) is 4.88 Å². The Balaban J connectivity index is 1.90. The predicted octanol–water partition coefficient (Wildman–Crippen LogP) is 3.56. The third-order valence-electron chi connectivity index (χ3n) is 4.49. The second kappa shape index (κ2) is 8.99. The van der Waals surface area contributed by atoms with Crippen LogP contribution in [-0.4, -0.2) is 45.1 Å². The molecule has 142 valence electrons. The SMILES string of the molecule is CCOc1ccccc1S(=O)(=O)N(CCc1cccs1)C1CCOCC1. The number of hydrogen-bond acceptors (Lipinski definition) is 5. The van der Waals surface area contributed by atoms with Gasteiger partial charge in [-0.25, -0.2) is 8.42 Å². The van der Waals surface area contributed by atoms with Crippen molar-refractivity contribution in [3.8, 4) is 5.75 Å². The summed E-state index contributed by atoms with van der Waals surface area (Å²) in [6, 6.07) is 10.9. The van der Waals surface area contributed by atoms with E-state index in [2.05, 4.69) is 0 Å². The van der Waals surface area contributed by atoms with Crippen LogP contribution >= 0.6 is 11.3 Å². The van der Waals surface area contributed by atoms with E-state index < -0.39 is 10.0 Å². The maximum absolute atomic E-state index is 13.5. The van der Waals surface area contributed by atoms with Crippen molar-refractivity contribution in [1.82, 2.24) is 4.31 Å². The highest BCUT2D eigenvalue weighted by Gasteiger charge is 2.34. The number of hydrogen-bond donors (Lipinski definition) is 0. The molecule has 5 nitrogen and oxygen atoms in total. The van der Waals surface area contributed by atoms with Gasteiger partial charge in [0.15, 0.2) is 0 Å². The zero-order chi connectivity index (χ0) is 18.4. The smallest absolute Gasteiger partial charge is 0.247 e. The van der Waals surface area contributed by atoms with Gasteiger partial charge in [0.05, 0.1) is 6.61 Å². The largest absolute Gasteiger partial charge is 0.492 e. The van der Waals surface area contributed by atoms with Crippen molar-refractivity contribution in [3.05, 3.63) is 46.7 Å². The van der Waals surface area contributed by atoms with E-state index in [0.717, 1.165) is 12.8 Å². The van der Waals surface area contributed by atoms with E-state index in [1.807, 2.05) is 24.4 Å². The summed E-state index contributed by atoms with van der Waals surface area (Å²) in [5.74, 6) is 0.420. The first-order chi connectivity index (χ1) is 12.6. The normalized spacial score (nSPS) is 16.1. The van der Waals surface area contributed by atoms with Crippen LogP contribution in [-0.2, 0) is 21.2 Å². The molecule has 2 aromatic rings. The van der Waals surface area contributed by atoms with Crippen LogP contribution < -0.4 is 4.74 Å². The highest BCUT2D eigenvalue weighted by Crippen LogP contribution is 2.30. The minimum Gasteiger partial charge on any atom is -0.492 e. The summed E-state index contributed by atoms with van der Waals surface area (Å²) in [6.45, 7) is 3.95. The number of benzene rings is 1. The monoisotopic (exact) mass is 395 g/mol. The Bertz CT molecular complexity index is 784. The Morgan fingerprint density at radius 2 is 1.96 bits per heavy atom. The molecule has 3 rings (SSSR count). The van der Waals surface area contributed by atoms with E-state index in [0.29, 0.717) is 38.5 Å². The van der Waals surface area contributed by atoms with Crippen LogP contribution in [0.25, 0.3) is 0 Å². The summed E-state index contributed by atoms with van der Waals surface area (Å²) >= 11 is 1.66. The van der Waals surface area contributed by atoms with Crippen LogP contribution in [0, 0.1) is 0 Å². The fourth-order valence-electron chi connectivity index (χ4n) is 3.21. The van der Waals surface area contributed by atoms with E-state index in [1.54, 1.807) is 39.9 Å². The lowest BCUT2D eigenvalue weighted by atomic mass is 10.1. The highest BCUT2D eigenvalue weighted by atomic mass is 32.2. The van der Waals surface area contributed by atoms with E-state index in [4.69, 9.17) is 9.47 Å². The number of para-hydroxylation sites is 1. The lowest BCUT2D eigenvalue weighted by molar-refractivity contribution is 0.0586. The van der Waals surface area contributed by atoms with Gasteiger partial charge in [0.1, 0.15) is 10.6 Å². The molecule has 0 spiro atoms. The average molecular weight is 396 g/mol. The molecule has 1 fully saturated rings. The molecule has 1 aromatic heterocycles. The van der Waals surface area contributed by atoms with Gasteiger partial charge in [-0.1, -0.05) is 18.2 Å². The van der Waals surface area contributed by atoms with E-state index >= 15 is 0 Å². The van der Waals surface area contributed by atoms with Crippen molar-refractivity contribution in [2.45, 2.75) is 37.1 Å². The third-order valence-corrected chi connectivity index (χ3v) is 7.42. The first kappa shape index (κ1) is 19.4. The number of thiophene rings is 1. The third kappa shape index (κ3) is 4.46. The molecular weight excluding hydrogens is 370 g/mol. The first-order valence-electron chi connectivity index (χ1n) is 8.96. The molecule has 0 atom stereocenters. The van der Waals surface area contributed by atoms with Crippen molar-refractivity contribution in [2.24, 2.45) is 0 Å². The van der Waals surface area contributed by atoms with Crippen LogP contribution in [0.3, 0.4) is 0 Å². The van der Waals surface area contributed by atoms with Gasteiger partial charge in [-0.05, 0) is 49.8 Å². The van der Waals surface area contributed by atoms with Gasteiger partial charge in [-0.3, -0.25) is 0 Å². The standard InChI is InChI=1S/C19H25NO4S2/c1-2-24-18-7-3-4-8-19(18)26(21,22)20(16-10-13-23-14-11-16)12-9-17-6-5-15-25-17/h3-8,15-16H,2,9-14H2,1H3. The van der Waals surface area contributed by atoms with Crippen molar-refractivity contribution in [2.75, 3.05) is 26.4 Å². The minimum absolute atomic E-state index is 0.0385. The molecule has 0 radical (unpaired) electrons. The van der Waals surface area contributed by atoms with Crippen LogP contribution in [0.4, 0.5) is 0 Å². The quantitative estimate of drug-likeness (QED) is 0.686. The van der Waals surface area contributed by atoms with Crippen molar-refractivity contribution < 1.29 is 17.9 Å². The van der Waals surface area contributed by atoms with Crippen LogP contribution in [0.1, 0.15) is 24.6 Å². The van der Waals surface area contributed by atoms with Gasteiger partial charge in [0.2, 0.25) is 10.0 Å². The Morgan fingerprint density at radius 1 is 1.19 bits per heavy atom. The molecule has 0 amide bonds. The Kier molecular flexibility index (Phi) is 6.69. The summed E-state index contributed by atoms with van der Waals surface area (Å²) in [6.07, 6.45) is 2.16. The predicted molar refractivity (Wildman–Crippen MR) is 103 cm³/mol. The van der Waals surface area contributed by atoms with Gasteiger partial charge in [0, 0.05) is 30.7 Å². The van der Waals surface area contributed by atoms with E-state index in [9.17, 15) is 8.42 Å². The topological polar surface area (TPSA) is 55.8 Å². The summed E-state index contributed by atoms with van der Waals surface area (Å²) in [5, 5.41) is 2.02.